The third-order valence-electron chi connectivity index (χ3n) is 4.42. The van der Waals surface area contributed by atoms with E-state index in [1.165, 1.54) is 0 Å². The van der Waals surface area contributed by atoms with Gasteiger partial charge in [0.25, 0.3) is 0 Å². The van der Waals surface area contributed by atoms with Gasteiger partial charge in [-0.3, -0.25) is 4.79 Å². The molecule has 0 radical (unpaired) electrons. The molecule has 5 nitrogen and oxygen atoms in total. The molecule has 2 N–H and O–H groups in total. The third-order valence-corrected chi connectivity index (χ3v) is 4.42. The average Bonchev–Trinajstić information content (AvgIpc) is 3.05. The number of H-pyrrole nitrogens is 1. The minimum absolute atomic E-state index is 0.0352. The zero-order valence-electron chi connectivity index (χ0n) is 15.2. The summed E-state index contributed by atoms with van der Waals surface area (Å²) in [7, 11) is 3.28. The molecule has 2 aromatic carbocycles. The van der Waals surface area contributed by atoms with E-state index in [-0.39, 0.29) is 5.91 Å². The summed E-state index contributed by atoms with van der Waals surface area (Å²) >= 11 is 0. The first kappa shape index (κ1) is 18.0. The second-order valence-electron chi connectivity index (χ2n) is 6.10. The van der Waals surface area contributed by atoms with Gasteiger partial charge in [-0.15, -0.1) is 0 Å². The van der Waals surface area contributed by atoms with Crippen molar-refractivity contribution in [3.8, 4) is 17.0 Å². The molecule has 3 rings (SSSR count). The van der Waals surface area contributed by atoms with Gasteiger partial charge in [0.2, 0.25) is 5.91 Å². The molecule has 26 heavy (non-hydrogen) atoms. The smallest absolute Gasteiger partial charge is 0.220 e. The van der Waals surface area contributed by atoms with E-state index >= 15 is 0 Å². The number of carbonyl (C=O) groups excluding carboxylic acids is 1. The summed E-state index contributed by atoms with van der Waals surface area (Å²) in [4.78, 5) is 15.6. The molecule has 3 aromatic rings. The van der Waals surface area contributed by atoms with Crippen LogP contribution in [0, 0.1) is 0 Å². The Morgan fingerprint density at radius 1 is 1.08 bits per heavy atom. The second kappa shape index (κ2) is 8.54. The first-order valence-electron chi connectivity index (χ1n) is 8.72. The highest BCUT2D eigenvalue weighted by Crippen LogP contribution is 2.32. The maximum atomic E-state index is 12.1. The molecule has 1 aromatic heterocycles. The van der Waals surface area contributed by atoms with Gasteiger partial charge in [0.1, 0.15) is 5.75 Å². The first-order valence-corrected chi connectivity index (χ1v) is 8.72. The van der Waals surface area contributed by atoms with Crippen LogP contribution in [-0.4, -0.2) is 38.3 Å². The summed E-state index contributed by atoms with van der Waals surface area (Å²) in [5, 5.41) is 4.03. The number of aromatic amines is 1. The maximum Gasteiger partial charge on any atom is 0.220 e. The molecular formula is C21H24N2O3. The fraction of sp³-hybridized carbons (Fsp3) is 0.286. The summed E-state index contributed by atoms with van der Waals surface area (Å²) in [6, 6.07) is 16.1. The monoisotopic (exact) mass is 352 g/mol. The van der Waals surface area contributed by atoms with Crippen LogP contribution in [0.4, 0.5) is 0 Å². The number of nitrogens with one attached hydrogen (secondary N) is 2. The predicted octanol–water partition coefficient (Wildman–Crippen LogP) is 3.54. The van der Waals surface area contributed by atoms with E-state index in [1.807, 2.05) is 36.4 Å². The molecule has 0 atom stereocenters. The number of fused-ring (bicyclic) bond motifs is 1. The fourth-order valence-electron chi connectivity index (χ4n) is 3.08. The number of ether oxygens (including phenoxy) is 2. The number of rotatable bonds is 8. The molecule has 0 aliphatic rings. The zero-order valence-corrected chi connectivity index (χ0v) is 15.2. The van der Waals surface area contributed by atoms with Gasteiger partial charge in [-0.05, 0) is 47.9 Å². The SMILES string of the molecule is COCCNC(=O)CCc1c(-c2ccc(OC)cc2)[nH]c2ccccc12. The van der Waals surface area contributed by atoms with E-state index in [4.69, 9.17) is 9.47 Å². The first-order chi connectivity index (χ1) is 12.7. The molecule has 0 saturated heterocycles. The minimum atomic E-state index is 0.0352. The lowest BCUT2D eigenvalue weighted by atomic mass is 10.0. The van der Waals surface area contributed by atoms with Crippen LogP contribution in [0.1, 0.15) is 12.0 Å². The molecule has 1 heterocycles. The number of hydrogen-bond donors (Lipinski definition) is 2. The second-order valence-corrected chi connectivity index (χ2v) is 6.10. The summed E-state index contributed by atoms with van der Waals surface area (Å²) in [5.74, 6) is 0.858. The Balaban J connectivity index is 1.86. The van der Waals surface area contributed by atoms with Crippen molar-refractivity contribution in [1.29, 1.82) is 0 Å². The Morgan fingerprint density at radius 2 is 1.85 bits per heavy atom. The van der Waals surface area contributed by atoms with Gasteiger partial charge in [0, 0.05) is 36.7 Å². The van der Waals surface area contributed by atoms with Gasteiger partial charge in [-0.2, -0.15) is 0 Å². The number of carbonyl (C=O) groups is 1. The van der Waals surface area contributed by atoms with Gasteiger partial charge in [-0.25, -0.2) is 0 Å². The summed E-state index contributed by atoms with van der Waals surface area (Å²) < 4.78 is 10.2. The van der Waals surface area contributed by atoms with Gasteiger partial charge in [0.15, 0.2) is 0 Å². The van der Waals surface area contributed by atoms with Gasteiger partial charge < -0.3 is 19.8 Å². The Labute approximate surface area is 153 Å². The molecule has 0 bridgehead atoms. The minimum Gasteiger partial charge on any atom is -0.497 e. The van der Waals surface area contributed by atoms with Crippen LogP contribution in [0.5, 0.6) is 5.75 Å². The van der Waals surface area contributed by atoms with Crippen LogP contribution in [0.2, 0.25) is 0 Å². The van der Waals surface area contributed by atoms with Crippen LogP contribution in [0.15, 0.2) is 48.5 Å². The van der Waals surface area contributed by atoms with Crippen molar-refractivity contribution in [3.63, 3.8) is 0 Å². The number of para-hydroxylation sites is 1. The van der Waals surface area contributed by atoms with Crippen molar-refractivity contribution in [1.82, 2.24) is 10.3 Å². The summed E-state index contributed by atoms with van der Waals surface area (Å²) in [6.45, 7) is 1.06. The number of hydrogen-bond acceptors (Lipinski definition) is 3. The normalized spacial score (nSPS) is 10.8. The quantitative estimate of drug-likeness (QED) is 0.610. The molecule has 0 spiro atoms. The third kappa shape index (κ3) is 4.06. The number of aromatic nitrogens is 1. The Hall–Kier alpha value is -2.79. The zero-order chi connectivity index (χ0) is 18.4. The van der Waals surface area contributed by atoms with E-state index in [0.717, 1.165) is 33.5 Å². The van der Waals surface area contributed by atoms with Gasteiger partial charge in [-0.1, -0.05) is 18.2 Å². The van der Waals surface area contributed by atoms with Crippen LogP contribution in [0.25, 0.3) is 22.2 Å². The van der Waals surface area contributed by atoms with Crippen LogP contribution in [0.3, 0.4) is 0 Å². The maximum absolute atomic E-state index is 12.1. The summed E-state index contributed by atoms with van der Waals surface area (Å²) in [5.41, 5.74) is 4.37. The van der Waals surface area contributed by atoms with Crippen molar-refractivity contribution in [3.05, 3.63) is 54.1 Å². The molecule has 0 unspecified atom stereocenters. The number of benzene rings is 2. The number of aryl methyl sites for hydroxylation is 1. The highest BCUT2D eigenvalue weighted by molar-refractivity contribution is 5.91. The van der Waals surface area contributed by atoms with E-state index < -0.39 is 0 Å². The Morgan fingerprint density at radius 3 is 2.58 bits per heavy atom. The fourth-order valence-corrected chi connectivity index (χ4v) is 3.08. The average molecular weight is 352 g/mol. The molecule has 136 valence electrons. The molecule has 0 aliphatic heterocycles. The molecule has 1 amide bonds. The predicted molar refractivity (Wildman–Crippen MR) is 103 cm³/mol. The Kier molecular flexibility index (Phi) is 5.92. The molecular weight excluding hydrogens is 328 g/mol. The topological polar surface area (TPSA) is 63.4 Å². The highest BCUT2D eigenvalue weighted by Gasteiger charge is 2.14. The van der Waals surface area contributed by atoms with Crippen molar-refractivity contribution in [2.24, 2.45) is 0 Å². The lowest BCUT2D eigenvalue weighted by Crippen LogP contribution is -2.27. The van der Waals surface area contributed by atoms with Crippen molar-refractivity contribution in [2.75, 3.05) is 27.4 Å². The van der Waals surface area contributed by atoms with Crippen molar-refractivity contribution < 1.29 is 14.3 Å². The molecule has 0 aliphatic carbocycles. The molecule has 0 fully saturated rings. The lowest BCUT2D eigenvalue weighted by Gasteiger charge is -2.07. The van der Waals surface area contributed by atoms with Gasteiger partial charge >= 0.3 is 0 Å². The highest BCUT2D eigenvalue weighted by atomic mass is 16.5. The van der Waals surface area contributed by atoms with Crippen LogP contribution >= 0.6 is 0 Å². The number of amides is 1. The van der Waals surface area contributed by atoms with E-state index in [0.29, 0.717) is 26.0 Å². The largest absolute Gasteiger partial charge is 0.497 e. The standard InChI is InChI=1S/C21H24N2O3/c1-25-14-13-22-20(24)12-11-18-17-5-3-4-6-19(17)23-21(18)15-7-9-16(26-2)10-8-15/h3-10,23H,11-14H2,1-2H3,(H,22,24). The lowest BCUT2D eigenvalue weighted by molar-refractivity contribution is -0.121. The molecule has 0 saturated carbocycles. The van der Waals surface area contributed by atoms with E-state index in [1.54, 1.807) is 14.2 Å². The van der Waals surface area contributed by atoms with Crippen LogP contribution < -0.4 is 10.1 Å². The van der Waals surface area contributed by atoms with E-state index in [2.05, 4.69) is 22.4 Å². The number of methoxy groups -OCH3 is 2. The van der Waals surface area contributed by atoms with Crippen LogP contribution in [-0.2, 0) is 16.0 Å². The van der Waals surface area contributed by atoms with Gasteiger partial charge in [0.05, 0.1) is 13.7 Å². The Bertz CT molecular complexity index is 869. The summed E-state index contributed by atoms with van der Waals surface area (Å²) in [6.07, 6.45) is 1.11. The van der Waals surface area contributed by atoms with E-state index in [9.17, 15) is 4.79 Å². The van der Waals surface area contributed by atoms with Crippen molar-refractivity contribution >= 4 is 16.8 Å². The molecule has 5 heteroatoms. The van der Waals surface area contributed by atoms with Crippen molar-refractivity contribution in [2.45, 2.75) is 12.8 Å².